The molecule has 0 fully saturated rings. The van der Waals surface area contributed by atoms with Crippen LogP contribution in [-0.2, 0) is 12.4 Å². The number of halogens is 10. The fraction of sp³-hybridized carbons (Fsp3) is 0.500. The van der Waals surface area contributed by atoms with Crippen molar-refractivity contribution in [2.45, 2.75) is 31.0 Å². The van der Waals surface area contributed by atoms with Gasteiger partial charge in [-0.2, -0.15) is 39.5 Å². The summed E-state index contributed by atoms with van der Waals surface area (Å²) in [7, 11) is 0.736. The highest BCUT2D eigenvalue weighted by molar-refractivity contribution is 5.85. The van der Waals surface area contributed by atoms with Crippen molar-refractivity contribution in [3.8, 4) is 5.75 Å². The fourth-order valence-electron chi connectivity index (χ4n) is 1.93. The van der Waals surface area contributed by atoms with E-state index in [2.05, 4.69) is 4.74 Å². The summed E-state index contributed by atoms with van der Waals surface area (Å²) in [5.74, 6) is -1.01. The van der Waals surface area contributed by atoms with Crippen molar-refractivity contribution in [3.05, 3.63) is 28.8 Å². The van der Waals surface area contributed by atoms with E-state index in [1.807, 2.05) is 0 Å². The summed E-state index contributed by atoms with van der Waals surface area (Å²) >= 11 is 0. The Kier molecular flexibility index (Phi) is 6.85. The molecule has 1 aromatic carbocycles. The molecule has 12 heteroatoms. The molecule has 140 valence electrons. The Labute approximate surface area is 136 Å². The average Bonchev–Trinajstić information content (AvgIpc) is 2.32. The highest BCUT2D eigenvalue weighted by Crippen LogP contribution is 2.44. The largest absolute Gasteiger partial charge is 0.496 e. The smallest absolute Gasteiger partial charge is 0.416 e. The molecule has 1 rings (SSSR count). The minimum absolute atomic E-state index is 0. The number of rotatable bonds is 3. The van der Waals surface area contributed by atoms with E-state index in [1.165, 1.54) is 0 Å². The van der Waals surface area contributed by atoms with E-state index >= 15 is 0 Å². The first-order valence-corrected chi connectivity index (χ1v) is 5.85. The van der Waals surface area contributed by atoms with Crippen molar-refractivity contribution in [1.29, 1.82) is 0 Å². The lowest BCUT2D eigenvalue weighted by atomic mass is 9.94. The van der Waals surface area contributed by atoms with Crippen LogP contribution < -0.4 is 10.5 Å². The van der Waals surface area contributed by atoms with Gasteiger partial charge in [0.2, 0.25) is 0 Å². The quantitative estimate of drug-likeness (QED) is 0.727. The van der Waals surface area contributed by atoms with Crippen LogP contribution in [0.1, 0.15) is 29.2 Å². The molecule has 1 aromatic rings. The number of alkyl halides is 9. The Morgan fingerprint density at radius 2 is 1.46 bits per heavy atom. The van der Waals surface area contributed by atoms with Crippen LogP contribution in [0.2, 0.25) is 0 Å². The number of ether oxygens (including phenoxy) is 1. The van der Waals surface area contributed by atoms with E-state index < -0.39 is 53.4 Å². The lowest BCUT2D eigenvalue weighted by molar-refractivity contribution is -0.147. The SMILES string of the molecule is COc1cc(C(F)(F)F)cc(C(F)(F)F)c1[C@H](N)CC(F)(F)F.Cl. The standard InChI is InChI=1S/C12H10F9NO.ClH/c1-23-8-3-5(11(16,17)18)2-6(12(19,20)21)9(8)7(22)4-10(13,14)15;/h2-3,7H,4,22H2,1H3;1H/t7-;/m1./s1. The monoisotopic (exact) mass is 391 g/mol. The molecule has 0 bridgehead atoms. The van der Waals surface area contributed by atoms with Crippen molar-refractivity contribution in [3.63, 3.8) is 0 Å². The van der Waals surface area contributed by atoms with Gasteiger partial charge in [-0.3, -0.25) is 0 Å². The van der Waals surface area contributed by atoms with E-state index in [-0.39, 0.29) is 24.5 Å². The van der Waals surface area contributed by atoms with Gasteiger partial charge in [-0.15, -0.1) is 12.4 Å². The van der Waals surface area contributed by atoms with Gasteiger partial charge in [0, 0.05) is 11.6 Å². The van der Waals surface area contributed by atoms with Crippen LogP contribution >= 0.6 is 12.4 Å². The molecule has 2 nitrogen and oxygen atoms in total. The molecule has 0 aliphatic rings. The van der Waals surface area contributed by atoms with Crippen molar-refractivity contribution in [2.24, 2.45) is 5.73 Å². The van der Waals surface area contributed by atoms with E-state index in [9.17, 15) is 39.5 Å². The zero-order chi connectivity index (χ0) is 18.2. The molecule has 0 radical (unpaired) electrons. The molecular formula is C12H11ClF9NO. The van der Waals surface area contributed by atoms with Gasteiger partial charge in [0.05, 0.1) is 24.7 Å². The van der Waals surface area contributed by atoms with Crippen LogP contribution in [0.25, 0.3) is 0 Å². The number of nitrogens with two attached hydrogens (primary N) is 1. The Hall–Kier alpha value is -1.36. The number of benzene rings is 1. The second kappa shape index (κ2) is 7.26. The molecule has 1 atom stereocenters. The van der Waals surface area contributed by atoms with Crippen LogP contribution in [0.5, 0.6) is 5.75 Å². The molecule has 0 aliphatic heterocycles. The molecular weight excluding hydrogens is 381 g/mol. The normalized spacial score (nSPS) is 14.1. The van der Waals surface area contributed by atoms with Crippen molar-refractivity contribution in [1.82, 2.24) is 0 Å². The molecule has 2 N–H and O–H groups in total. The summed E-state index contributed by atoms with van der Waals surface area (Å²) in [5, 5.41) is 0. The first-order valence-electron chi connectivity index (χ1n) is 5.85. The van der Waals surface area contributed by atoms with Gasteiger partial charge in [0.1, 0.15) is 5.75 Å². The second-order valence-corrected chi connectivity index (χ2v) is 4.56. The third-order valence-electron chi connectivity index (χ3n) is 2.82. The van der Waals surface area contributed by atoms with Gasteiger partial charge in [-0.1, -0.05) is 0 Å². The predicted octanol–water partition coefficient (Wildman–Crippen LogP) is 5.11. The maximum Gasteiger partial charge on any atom is 0.416 e. The average molecular weight is 392 g/mol. The van der Waals surface area contributed by atoms with Crippen molar-refractivity contribution < 1.29 is 44.3 Å². The molecule has 0 aliphatic carbocycles. The Balaban J connectivity index is 0.00000529. The van der Waals surface area contributed by atoms with Gasteiger partial charge < -0.3 is 10.5 Å². The number of hydrogen-bond acceptors (Lipinski definition) is 2. The van der Waals surface area contributed by atoms with Gasteiger partial charge in [0.25, 0.3) is 0 Å². The minimum Gasteiger partial charge on any atom is -0.496 e. The minimum atomic E-state index is -5.34. The van der Waals surface area contributed by atoms with Crippen LogP contribution in [0.4, 0.5) is 39.5 Å². The van der Waals surface area contributed by atoms with Crippen LogP contribution in [0.3, 0.4) is 0 Å². The van der Waals surface area contributed by atoms with E-state index in [0.29, 0.717) is 0 Å². The molecule has 0 heterocycles. The maximum absolute atomic E-state index is 13.0. The van der Waals surface area contributed by atoms with Crippen LogP contribution in [0.15, 0.2) is 12.1 Å². The molecule has 24 heavy (non-hydrogen) atoms. The van der Waals surface area contributed by atoms with Crippen molar-refractivity contribution in [2.75, 3.05) is 7.11 Å². The second-order valence-electron chi connectivity index (χ2n) is 4.56. The van der Waals surface area contributed by atoms with Crippen LogP contribution in [-0.4, -0.2) is 13.3 Å². The molecule has 0 unspecified atom stereocenters. The number of methoxy groups -OCH3 is 1. The highest BCUT2D eigenvalue weighted by Gasteiger charge is 2.43. The van der Waals surface area contributed by atoms with Gasteiger partial charge >= 0.3 is 18.5 Å². The zero-order valence-electron chi connectivity index (χ0n) is 11.7. The summed E-state index contributed by atoms with van der Waals surface area (Å²) in [6.45, 7) is 0. The van der Waals surface area contributed by atoms with E-state index in [4.69, 9.17) is 5.73 Å². The summed E-state index contributed by atoms with van der Waals surface area (Å²) in [4.78, 5) is 0. The summed E-state index contributed by atoms with van der Waals surface area (Å²) in [6, 6.07) is -2.33. The molecule has 0 aromatic heterocycles. The Morgan fingerprint density at radius 1 is 0.958 bits per heavy atom. The highest BCUT2D eigenvalue weighted by atomic mass is 35.5. The zero-order valence-corrected chi connectivity index (χ0v) is 12.6. The van der Waals surface area contributed by atoms with Crippen molar-refractivity contribution >= 4 is 12.4 Å². The predicted molar refractivity (Wildman–Crippen MR) is 67.8 cm³/mol. The summed E-state index contributed by atoms with van der Waals surface area (Å²) in [6.07, 6.45) is -17.2. The first-order chi connectivity index (χ1) is 10.2. The van der Waals surface area contributed by atoms with Crippen LogP contribution in [0, 0.1) is 0 Å². The molecule has 0 amide bonds. The lowest BCUT2D eigenvalue weighted by Crippen LogP contribution is -2.25. The van der Waals surface area contributed by atoms with Gasteiger partial charge in [0.15, 0.2) is 0 Å². The first kappa shape index (κ1) is 22.6. The van der Waals surface area contributed by atoms with E-state index in [1.54, 1.807) is 0 Å². The molecule has 0 spiro atoms. The third-order valence-corrected chi connectivity index (χ3v) is 2.82. The lowest BCUT2D eigenvalue weighted by Gasteiger charge is -2.23. The van der Waals surface area contributed by atoms with Gasteiger partial charge in [-0.05, 0) is 12.1 Å². The summed E-state index contributed by atoms with van der Waals surface area (Å²) in [5.41, 5.74) is 0.337. The Bertz CT molecular complexity index is 565. The topological polar surface area (TPSA) is 35.2 Å². The molecule has 0 saturated heterocycles. The van der Waals surface area contributed by atoms with E-state index in [0.717, 1.165) is 7.11 Å². The van der Waals surface area contributed by atoms with Gasteiger partial charge in [-0.25, -0.2) is 0 Å². The fourth-order valence-corrected chi connectivity index (χ4v) is 1.93. The Morgan fingerprint density at radius 3 is 1.79 bits per heavy atom. The third kappa shape index (κ3) is 5.62. The molecule has 0 saturated carbocycles. The maximum atomic E-state index is 13.0. The number of hydrogen-bond donors (Lipinski definition) is 1. The summed E-state index contributed by atoms with van der Waals surface area (Å²) < 4.78 is 118.